The van der Waals surface area contributed by atoms with E-state index in [-0.39, 0.29) is 17.6 Å². The zero-order valence-electron chi connectivity index (χ0n) is 14.5. The molecule has 1 aliphatic heterocycles. The van der Waals surface area contributed by atoms with Crippen molar-refractivity contribution in [2.24, 2.45) is 0 Å². The standard InChI is InChI=1S/C19H21FN2O3/c1-21(2)13-8-9-15(16(20)10-13)19(23)22(3)11-14-12-24-17-6-4-5-7-18(17)25-14/h4-10,14H,11-12H2,1-3H3. The van der Waals surface area contributed by atoms with Gasteiger partial charge in [-0.1, -0.05) is 12.1 Å². The third kappa shape index (κ3) is 3.68. The van der Waals surface area contributed by atoms with Crippen molar-refractivity contribution < 1.29 is 18.7 Å². The number of carbonyl (C=O) groups is 1. The van der Waals surface area contributed by atoms with Gasteiger partial charge in [0.15, 0.2) is 17.6 Å². The number of para-hydroxylation sites is 2. The number of ether oxygens (including phenoxy) is 2. The fourth-order valence-corrected chi connectivity index (χ4v) is 2.70. The summed E-state index contributed by atoms with van der Waals surface area (Å²) in [6.07, 6.45) is -0.298. The highest BCUT2D eigenvalue weighted by atomic mass is 19.1. The second-order valence-corrected chi connectivity index (χ2v) is 6.24. The molecule has 0 N–H and O–H groups in total. The normalized spacial score (nSPS) is 15.6. The van der Waals surface area contributed by atoms with E-state index in [0.717, 1.165) is 0 Å². The number of anilines is 1. The Morgan fingerprint density at radius 2 is 1.88 bits per heavy atom. The van der Waals surface area contributed by atoms with Crippen LogP contribution >= 0.6 is 0 Å². The molecule has 0 radical (unpaired) electrons. The van der Waals surface area contributed by atoms with E-state index >= 15 is 0 Å². The number of nitrogens with zero attached hydrogens (tertiary/aromatic N) is 2. The Kier molecular flexibility index (Phi) is 4.79. The predicted molar refractivity (Wildman–Crippen MR) is 94.0 cm³/mol. The summed E-state index contributed by atoms with van der Waals surface area (Å²) in [6.45, 7) is 0.652. The Morgan fingerprint density at radius 1 is 1.16 bits per heavy atom. The van der Waals surface area contributed by atoms with E-state index in [2.05, 4.69) is 0 Å². The van der Waals surface area contributed by atoms with Crippen molar-refractivity contribution in [3.8, 4) is 11.5 Å². The van der Waals surface area contributed by atoms with Crippen molar-refractivity contribution in [3.63, 3.8) is 0 Å². The highest BCUT2D eigenvalue weighted by Gasteiger charge is 2.25. The first kappa shape index (κ1) is 17.1. The minimum Gasteiger partial charge on any atom is -0.486 e. The first-order chi connectivity index (χ1) is 12.0. The Balaban J connectivity index is 1.67. The Hall–Kier alpha value is -2.76. The van der Waals surface area contributed by atoms with Gasteiger partial charge in [0, 0.05) is 26.8 Å². The quantitative estimate of drug-likeness (QED) is 0.855. The van der Waals surface area contributed by atoms with E-state index in [9.17, 15) is 9.18 Å². The van der Waals surface area contributed by atoms with Crippen LogP contribution in [0.3, 0.4) is 0 Å². The van der Waals surface area contributed by atoms with Crippen LogP contribution < -0.4 is 14.4 Å². The molecule has 0 fully saturated rings. The summed E-state index contributed by atoms with van der Waals surface area (Å²) in [6, 6.07) is 12.0. The number of halogens is 1. The molecule has 1 atom stereocenters. The van der Waals surface area contributed by atoms with Crippen molar-refractivity contribution in [1.29, 1.82) is 0 Å². The molecule has 2 aromatic carbocycles. The molecule has 6 heteroatoms. The third-order valence-electron chi connectivity index (χ3n) is 4.09. The van der Waals surface area contributed by atoms with Crippen LogP contribution in [0.1, 0.15) is 10.4 Å². The fraction of sp³-hybridized carbons (Fsp3) is 0.316. The maximum Gasteiger partial charge on any atom is 0.256 e. The number of fused-ring (bicyclic) bond motifs is 1. The lowest BCUT2D eigenvalue weighted by molar-refractivity contribution is 0.0518. The first-order valence-corrected chi connectivity index (χ1v) is 8.06. The van der Waals surface area contributed by atoms with E-state index in [1.54, 1.807) is 18.0 Å². The molecule has 1 unspecified atom stereocenters. The molecule has 1 amide bonds. The topological polar surface area (TPSA) is 42.0 Å². The van der Waals surface area contributed by atoms with E-state index in [0.29, 0.717) is 30.3 Å². The molecule has 3 rings (SSSR count). The minimum atomic E-state index is -0.533. The number of benzene rings is 2. The zero-order chi connectivity index (χ0) is 18.0. The molecular weight excluding hydrogens is 323 g/mol. The Bertz CT molecular complexity index is 779. The number of likely N-dealkylation sites (N-methyl/N-ethyl adjacent to an activating group) is 1. The van der Waals surface area contributed by atoms with E-state index in [1.807, 2.05) is 38.4 Å². The molecule has 132 valence electrons. The van der Waals surface area contributed by atoms with Crippen LogP contribution in [0.2, 0.25) is 0 Å². The maximum atomic E-state index is 14.3. The summed E-state index contributed by atoms with van der Waals surface area (Å²) < 4.78 is 25.8. The van der Waals surface area contributed by atoms with Crippen molar-refractivity contribution in [1.82, 2.24) is 4.90 Å². The zero-order valence-corrected chi connectivity index (χ0v) is 14.5. The molecule has 1 aliphatic rings. The monoisotopic (exact) mass is 344 g/mol. The van der Waals surface area contributed by atoms with Gasteiger partial charge in [-0.2, -0.15) is 0 Å². The number of hydrogen-bond donors (Lipinski definition) is 0. The largest absolute Gasteiger partial charge is 0.486 e. The lowest BCUT2D eigenvalue weighted by atomic mass is 10.1. The van der Waals surface area contributed by atoms with Crippen LogP contribution in [0.15, 0.2) is 42.5 Å². The maximum absolute atomic E-state index is 14.3. The van der Waals surface area contributed by atoms with Crippen molar-refractivity contribution in [2.45, 2.75) is 6.10 Å². The fourth-order valence-electron chi connectivity index (χ4n) is 2.70. The van der Waals surface area contributed by atoms with Crippen LogP contribution in [0.25, 0.3) is 0 Å². The molecule has 0 saturated carbocycles. The molecule has 1 heterocycles. The summed E-state index contributed by atoms with van der Waals surface area (Å²) in [5.41, 5.74) is 0.752. The van der Waals surface area contributed by atoms with E-state index in [1.165, 1.54) is 17.0 Å². The first-order valence-electron chi connectivity index (χ1n) is 8.06. The van der Waals surface area contributed by atoms with Crippen molar-refractivity contribution in [2.75, 3.05) is 39.2 Å². The third-order valence-corrected chi connectivity index (χ3v) is 4.09. The Labute approximate surface area is 146 Å². The lowest BCUT2D eigenvalue weighted by Gasteiger charge is -2.29. The molecular formula is C19H21FN2O3. The molecule has 5 nitrogen and oxygen atoms in total. The molecule has 0 aliphatic carbocycles. The average molecular weight is 344 g/mol. The highest BCUT2D eigenvalue weighted by Crippen LogP contribution is 2.31. The second kappa shape index (κ2) is 7.01. The molecule has 0 aromatic heterocycles. The number of hydrogen-bond acceptors (Lipinski definition) is 4. The van der Waals surface area contributed by atoms with Gasteiger partial charge >= 0.3 is 0 Å². The summed E-state index contributed by atoms with van der Waals surface area (Å²) >= 11 is 0. The number of carbonyl (C=O) groups excluding carboxylic acids is 1. The van der Waals surface area contributed by atoms with Crippen LogP contribution in [0.5, 0.6) is 11.5 Å². The van der Waals surface area contributed by atoms with Gasteiger partial charge in [0.1, 0.15) is 12.4 Å². The summed E-state index contributed by atoms with van der Waals surface area (Å²) in [4.78, 5) is 15.8. The average Bonchev–Trinajstić information content (AvgIpc) is 2.60. The van der Waals surface area contributed by atoms with Gasteiger partial charge < -0.3 is 19.3 Å². The SMILES string of the molecule is CN(CC1COc2ccccc2O1)C(=O)c1ccc(N(C)C)cc1F. The predicted octanol–water partition coefficient (Wildman–Crippen LogP) is 2.80. The van der Waals surface area contributed by atoms with Gasteiger partial charge in [0.05, 0.1) is 12.1 Å². The van der Waals surface area contributed by atoms with Crippen LogP contribution in [0, 0.1) is 5.82 Å². The van der Waals surface area contributed by atoms with Crippen LogP contribution in [-0.4, -0.2) is 51.2 Å². The highest BCUT2D eigenvalue weighted by molar-refractivity contribution is 5.94. The van der Waals surface area contributed by atoms with Crippen molar-refractivity contribution in [3.05, 3.63) is 53.8 Å². The number of amides is 1. The minimum absolute atomic E-state index is 0.0465. The molecule has 25 heavy (non-hydrogen) atoms. The summed E-state index contributed by atoms with van der Waals surface area (Å²) in [5, 5.41) is 0. The van der Waals surface area contributed by atoms with Crippen LogP contribution in [-0.2, 0) is 0 Å². The van der Waals surface area contributed by atoms with Gasteiger partial charge in [-0.15, -0.1) is 0 Å². The number of rotatable bonds is 4. The summed E-state index contributed by atoms with van der Waals surface area (Å²) in [7, 11) is 5.27. The second-order valence-electron chi connectivity index (χ2n) is 6.24. The molecule has 2 aromatic rings. The van der Waals surface area contributed by atoms with Crippen molar-refractivity contribution >= 4 is 11.6 Å². The van der Waals surface area contributed by atoms with E-state index in [4.69, 9.17) is 9.47 Å². The van der Waals surface area contributed by atoms with Gasteiger partial charge in [0.25, 0.3) is 5.91 Å². The molecule has 0 bridgehead atoms. The Morgan fingerprint density at radius 3 is 2.56 bits per heavy atom. The van der Waals surface area contributed by atoms with Gasteiger partial charge in [-0.25, -0.2) is 4.39 Å². The lowest BCUT2D eigenvalue weighted by Crippen LogP contribution is -2.42. The van der Waals surface area contributed by atoms with E-state index < -0.39 is 5.82 Å². The van der Waals surface area contributed by atoms with Gasteiger partial charge in [0.2, 0.25) is 0 Å². The molecule has 0 spiro atoms. The summed E-state index contributed by atoms with van der Waals surface area (Å²) in [5.74, 6) is 0.429. The smallest absolute Gasteiger partial charge is 0.256 e. The van der Waals surface area contributed by atoms with Crippen LogP contribution in [0.4, 0.5) is 10.1 Å². The van der Waals surface area contributed by atoms with Gasteiger partial charge in [-0.05, 0) is 30.3 Å². The van der Waals surface area contributed by atoms with Gasteiger partial charge in [-0.3, -0.25) is 4.79 Å². The molecule has 0 saturated heterocycles.